The molecule has 0 saturated carbocycles. The van der Waals surface area contributed by atoms with Gasteiger partial charge in [0.05, 0.1) is 7.11 Å². The molecule has 0 aliphatic carbocycles. The molecule has 0 amide bonds. The van der Waals surface area contributed by atoms with Crippen molar-refractivity contribution in [3.63, 3.8) is 0 Å². The molecule has 0 bridgehead atoms. The van der Waals surface area contributed by atoms with Gasteiger partial charge < -0.3 is 10.1 Å². The van der Waals surface area contributed by atoms with E-state index in [0.717, 1.165) is 11.3 Å². The Balaban J connectivity index is 2.37. The maximum atomic E-state index is 5.39. The first-order chi connectivity index (χ1) is 8.26. The van der Waals surface area contributed by atoms with E-state index in [9.17, 15) is 0 Å². The van der Waals surface area contributed by atoms with E-state index >= 15 is 0 Å². The second-order valence-corrected chi connectivity index (χ2v) is 5.03. The fourth-order valence-electron chi connectivity index (χ4n) is 1.72. The molecule has 0 saturated heterocycles. The Morgan fingerprint density at radius 3 is 2.65 bits per heavy atom. The number of benzene rings is 1. The summed E-state index contributed by atoms with van der Waals surface area (Å²) in [5.41, 5.74) is 1.16. The Hall–Kier alpha value is -1.32. The van der Waals surface area contributed by atoms with Gasteiger partial charge in [-0.15, -0.1) is 11.3 Å². The van der Waals surface area contributed by atoms with Crippen LogP contribution in [-0.4, -0.2) is 14.2 Å². The lowest BCUT2D eigenvalue weighted by Crippen LogP contribution is -2.10. The highest BCUT2D eigenvalue weighted by Gasteiger charge is 2.10. The zero-order valence-corrected chi connectivity index (χ0v) is 11.2. The van der Waals surface area contributed by atoms with Crippen LogP contribution >= 0.6 is 11.3 Å². The minimum atomic E-state index is 0.392. The monoisotopic (exact) mass is 247 g/mol. The number of nitrogens with one attached hydrogen (secondary N) is 1. The first-order valence-corrected chi connectivity index (χ1v) is 6.48. The van der Waals surface area contributed by atoms with E-state index in [4.69, 9.17) is 4.74 Å². The van der Waals surface area contributed by atoms with Gasteiger partial charge in [-0.1, -0.05) is 12.1 Å². The molecule has 3 heteroatoms. The fourth-order valence-corrected chi connectivity index (χ4v) is 2.82. The highest BCUT2D eigenvalue weighted by atomic mass is 32.1. The Kier molecular flexibility index (Phi) is 3.82. The van der Waals surface area contributed by atoms with Gasteiger partial charge in [0.25, 0.3) is 0 Å². The molecular weight excluding hydrogens is 230 g/mol. The van der Waals surface area contributed by atoms with Crippen LogP contribution in [-0.2, 0) is 0 Å². The van der Waals surface area contributed by atoms with Gasteiger partial charge in [-0.05, 0) is 38.2 Å². The van der Waals surface area contributed by atoms with Crippen LogP contribution in [0, 0.1) is 0 Å². The quantitative estimate of drug-likeness (QED) is 0.889. The third-order valence-corrected chi connectivity index (χ3v) is 4.16. The highest BCUT2D eigenvalue weighted by molar-refractivity contribution is 7.15. The lowest BCUT2D eigenvalue weighted by atomic mass is 10.1. The zero-order chi connectivity index (χ0) is 12.3. The third kappa shape index (κ3) is 2.51. The summed E-state index contributed by atoms with van der Waals surface area (Å²) >= 11 is 1.81. The molecular formula is C14H17NOS. The Labute approximate surface area is 106 Å². The van der Waals surface area contributed by atoms with E-state index in [2.05, 4.69) is 30.4 Å². The van der Waals surface area contributed by atoms with E-state index in [1.807, 2.05) is 25.2 Å². The molecule has 1 unspecified atom stereocenters. The third-order valence-electron chi connectivity index (χ3n) is 2.86. The number of hydrogen-bond donors (Lipinski definition) is 1. The van der Waals surface area contributed by atoms with Gasteiger partial charge in [-0.3, -0.25) is 0 Å². The molecule has 90 valence electrons. The van der Waals surface area contributed by atoms with Crippen molar-refractivity contribution in [2.24, 2.45) is 0 Å². The second kappa shape index (κ2) is 5.34. The summed E-state index contributed by atoms with van der Waals surface area (Å²) in [6, 6.07) is 12.9. The molecule has 2 nitrogen and oxygen atoms in total. The Morgan fingerprint density at radius 2 is 1.94 bits per heavy atom. The van der Waals surface area contributed by atoms with Crippen LogP contribution in [0.2, 0.25) is 0 Å². The number of para-hydroxylation sites is 1. The van der Waals surface area contributed by atoms with Crippen LogP contribution in [0.15, 0.2) is 36.4 Å². The summed E-state index contributed by atoms with van der Waals surface area (Å²) in [4.78, 5) is 2.59. The van der Waals surface area contributed by atoms with Crippen molar-refractivity contribution in [1.29, 1.82) is 0 Å². The number of thiophene rings is 1. The molecule has 0 aliphatic rings. The molecule has 1 heterocycles. The van der Waals surface area contributed by atoms with Crippen LogP contribution in [0.5, 0.6) is 5.75 Å². The van der Waals surface area contributed by atoms with Gasteiger partial charge >= 0.3 is 0 Å². The first-order valence-electron chi connectivity index (χ1n) is 5.66. The molecule has 0 aliphatic heterocycles. The maximum Gasteiger partial charge on any atom is 0.127 e. The number of hydrogen-bond acceptors (Lipinski definition) is 3. The van der Waals surface area contributed by atoms with Crippen molar-refractivity contribution >= 4 is 11.3 Å². The molecule has 0 radical (unpaired) electrons. The summed E-state index contributed by atoms with van der Waals surface area (Å²) < 4.78 is 5.39. The zero-order valence-electron chi connectivity index (χ0n) is 10.4. The Morgan fingerprint density at radius 1 is 1.18 bits per heavy atom. The van der Waals surface area contributed by atoms with Crippen molar-refractivity contribution in [2.75, 3.05) is 14.2 Å². The topological polar surface area (TPSA) is 21.3 Å². The van der Waals surface area contributed by atoms with E-state index in [1.165, 1.54) is 9.75 Å². The number of methoxy groups -OCH3 is 1. The summed E-state index contributed by atoms with van der Waals surface area (Å²) in [6.45, 7) is 2.16. The van der Waals surface area contributed by atoms with E-state index in [1.54, 1.807) is 18.4 Å². The standard InChI is InChI=1S/C14H17NOS/c1-10(15-2)13-8-9-14(17-13)11-6-4-5-7-12(11)16-3/h4-10,15H,1-3H3. The predicted molar refractivity (Wildman–Crippen MR) is 73.8 cm³/mol. The molecule has 1 atom stereocenters. The van der Waals surface area contributed by atoms with Crippen LogP contribution in [0.3, 0.4) is 0 Å². The normalized spacial score (nSPS) is 12.4. The molecule has 2 aromatic rings. The van der Waals surface area contributed by atoms with Crippen LogP contribution in [0.4, 0.5) is 0 Å². The second-order valence-electron chi connectivity index (χ2n) is 3.91. The van der Waals surface area contributed by atoms with Crippen molar-refractivity contribution in [3.05, 3.63) is 41.3 Å². The van der Waals surface area contributed by atoms with Crippen LogP contribution < -0.4 is 10.1 Å². The van der Waals surface area contributed by atoms with Crippen LogP contribution in [0.25, 0.3) is 10.4 Å². The van der Waals surface area contributed by atoms with Gasteiger partial charge in [0.1, 0.15) is 5.75 Å². The van der Waals surface area contributed by atoms with Gasteiger partial charge in [0, 0.05) is 21.4 Å². The molecule has 1 aromatic heterocycles. The first kappa shape index (κ1) is 12.1. The molecule has 2 rings (SSSR count). The van der Waals surface area contributed by atoms with Crippen LogP contribution in [0.1, 0.15) is 17.8 Å². The van der Waals surface area contributed by atoms with E-state index < -0.39 is 0 Å². The van der Waals surface area contributed by atoms with Gasteiger partial charge in [-0.2, -0.15) is 0 Å². The van der Waals surface area contributed by atoms with E-state index in [-0.39, 0.29) is 0 Å². The summed E-state index contributed by atoms with van der Waals surface area (Å²) in [7, 11) is 3.69. The summed E-state index contributed by atoms with van der Waals surface area (Å²) in [6.07, 6.45) is 0. The average molecular weight is 247 g/mol. The van der Waals surface area contributed by atoms with Gasteiger partial charge in [-0.25, -0.2) is 0 Å². The van der Waals surface area contributed by atoms with Crippen molar-refractivity contribution in [3.8, 4) is 16.2 Å². The van der Waals surface area contributed by atoms with Crippen molar-refractivity contribution in [2.45, 2.75) is 13.0 Å². The molecule has 1 N–H and O–H groups in total. The lowest BCUT2D eigenvalue weighted by molar-refractivity contribution is 0.416. The molecule has 1 aromatic carbocycles. The minimum absolute atomic E-state index is 0.392. The maximum absolute atomic E-state index is 5.39. The van der Waals surface area contributed by atoms with Gasteiger partial charge in [0.15, 0.2) is 0 Å². The van der Waals surface area contributed by atoms with E-state index in [0.29, 0.717) is 6.04 Å². The Bertz CT molecular complexity index is 492. The molecule has 0 spiro atoms. The predicted octanol–water partition coefficient (Wildman–Crippen LogP) is 3.70. The number of rotatable bonds is 4. The van der Waals surface area contributed by atoms with Gasteiger partial charge in [0.2, 0.25) is 0 Å². The summed E-state index contributed by atoms with van der Waals surface area (Å²) in [5, 5.41) is 3.25. The SMILES string of the molecule is CNC(C)c1ccc(-c2ccccc2OC)s1. The van der Waals surface area contributed by atoms with Crippen molar-refractivity contribution < 1.29 is 4.74 Å². The fraction of sp³-hybridized carbons (Fsp3) is 0.286. The average Bonchev–Trinajstić information content (AvgIpc) is 2.87. The summed E-state index contributed by atoms with van der Waals surface area (Å²) in [5.74, 6) is 0.929. The lowest BCUT2D eigenvalue weighted by Gasteiger charge is -2.07. The largest absolute Gasteiger partial charge is 0.496 e. The minimum Gasteiger partial charge on any atom is -0.496 e. The number of ether oxygens (including phenoxy) is 1. The highest BCUT2D eigenvalue weighted by Crippen LogP contribution is 2.36. The van der Waals surface area contributed by atoms with Crippen molar-refractivity contribution in [1.82, 2.24) is 5.32 Å². The molecule has 0 fully saturated rings. The molecule has 17 heavy (non-hydrogen) atoms. The smallest absolute Gasteiger partial charge is 0.127 e.